The van der Waals surface area contributed by atoms with Crippen LogP contribution in [0.5, 0.6) is 5.75 Å². The number of rotatable bonds is 7. The fraction of sp³-hybridized carbons (Fsp3) is 0.360. The zero-order chi connectivity index (χ0) is 25.2. The number of hydroxylamine groups is 1. The van der Waals surface area contributed by atoms with Crippen LogP contribution in [0.1, 0.15) is 34.5 Å². The van der Waals surface area contributed by atoms with Gasteiger partial charge >= 0.3 is 12.5 Å². The van der Waals surface area contributed by atoms with E-state index in [-0.39, 0.29) is 18.1 Å². The molecule has 6 rings (SSSR count). The van der Waals surface area contributed by atoms with Crippen molar-refractivity contribution in [3.05, 3.63) is 53.2 Å². The second kappa shape index (κ2) is 9.86. The van der Waals surface area contributed by atoms with Crippen molar-refractivity contribution in [2.75, 3.05) is 38.5 Å². The molecule has 188 valence electrons. The number of fused-ring (bicyclic) bond motifs is 5. The summed E-state index contributed by atoms with van der Waals surface area (Å²) in [4.78, 5) is 45.8. The minimum atomic E-state index is -0.970. The molecule has 2 bridgehead atoms. The minimum absolute atomic E-state index is 0.125. The third kappa shape index (κ3) is 4.57. The molecule has 1 aromatic heterocycles. The Hall–Kier alpha value is -4.12. The van der Waals surface area contributed by atoms with Crippen LogP contribution in [0, 0.1) is 5.92 Å². The first-order valence-corrected chi connectivity index (χ1v) is 11.8. The van der Waals surface area contributed by atoms with E-state index in [9.17, 15) is 14.4 Å². The Morgan fingerprint density at radius 2 is 2.06 bits per heavy atom. The summed E-state index contributed by atoms with van der Waals surface area (Å²) in [5, 5.41) is 8.62. The number of hydrogen-bond donors (Lipinski definition) is 2. The summed E-state index contributed by atoms with van der Waals surface area (Å²) in [7, 11) is 1.59. The number of nitrogens with one attached hydrogen (secondary N) is 1. The minimum Gasteiger partial charge on any atom is -0.497 e. The molecule has 4 heterocycles. The molecule has 0 aliphatic carbocycles. The van der Waals surface area contributed by atoms with E-state index in [1.807, 2.05) is 29.2 Å². The quantitative estimate of drug-likeness (QED) is 0.382. The second-order valence-electron chi connectivity index (χ2n) is 9.19. The number of primary amides is 1. The number of urea groups is 1. The number of nitrogens with zero attached hydrogens (tertiary/aromatic N) is 4. The number of hydrogen-bond acceptors (Lipinski definition) is 7. The van der Waals surface area contributed by atoms with Gasteiger partial charge in [0.25, 0.3) is 5.91 Å². The van der Waals surface area contributed by atoms with Gasteiger partial charge in [0.15, 0.2) is 0 Å². The third-order valence-corrected chi connectivity index (χ3v) is 6.89. The van der Waals surface area contributed by atoms with E-state index < -0.39 is 6.03 Å². The maximum absolute atomic E-state index is 13.7. The highest BCUT2D eigenvalue weighted by Gasteiger charge is 2.32. The Balaban J connectivity index is 1.58. The molecule has 2 aromatic carbocycles. The fourth-order valence-corrected chi connectivity index (χ4v) is 5.10. The van der Waals surface area contributed by atoms with Gasteiger partial charge in [-0.05, 0) is 60.6 Å². The van der Waals surface area contributed by atoms with Crippen molar-refractivity contribution in [2.24, 2.45) is 11.7 Å². The molecule has 3 N–H and O–H groups in total. The van der Waals surface area contributed by atoms with E-state index in [1.54, 1.807) is 19.2 Å². The van der Waals surface area contributed by atoms with E-state index in [4.69, 9.17) is 15.3 Å². The Bertz CT molecular complexity index is 1290. The SMILES string of the molecule is COc1cccc(Cc2cc(N(OC=O)C(N)=O)cc3c(C(=O)N4CC5CCN(CC5)C4)[nH]nc23)c1. The number of carbonyl (C=O) groups is 3. The van der Waals surface area contributed by atoms with Crippen LogP contribution < -0.4 is 15.5 Å². The highest BCUT2D eigenvalue weighted by Crippen LogP contribution is 2.31. The van der Waals surface area contributed by atoms with Crippen molar-refractivity contribution in [1.82, 2.24) is 20.0 Å². The maximum atomic E-state index is 13.7. The topological polar surface area (TPSA) is 134 Å². The van der Waals surface area contributed by atoms with E-state index >= 15 is 0 Å². The van der Waals surface area contributed by atoms with Crippen LogP contribution in [-0.4, -0.2) is 71.8 Å². The van der Waals surface area contributed by atoms with E-state index in [2.05, 4.69) is 15.1 Å². The average Bonchev–Trinajstić information content (AvgIpc) is 3.07. The molecule has 0 saturated carbocycles. The van der Waals surface area contributed by atoms with Gasteiger partial charge < -0.3 is 20.2 Å². The lowest BCUT2D eigenvalue weighted by Gasteiger charge is -2.26. The van der Waals surface area contributed by atoms with Gasteiger partial charge in [-0.15, -0.1) is 5.06 Å². The van der Waals surface area contributed by atoms with Gasteiger partial charge in [0.2, 0.25) is 0 Å². The lowest BCUT2D eigenvalue weighted by atomic mass is 9.98. The smallest absolute Gasteiger partial charge is 0.352 e. The molecule has 0 atom stereocenters. The van der Waals surface area contributed by atoms with Crippen LogP contribution in [0.15, 0.2) is 36.4 Å². The molecular weight excluding hydrogens is 464 g/mol. The maximum Gasteiger partial charge on any atom is 0.352 e. The number of H-pyrrole nitrogens is 1. The van der Waals surface area contributed by atoms with Crippen molar-refractivity contribution < 1.29 is 24.0 Å². The summed E-state index contributed by atoms with van der Waals surface area (Å²) < 4.78 is 5.34. The Morgan fingerprint density at radius 3 is 2.78 bits per heavy atom. The van der Waals surface area contributed by atoms with E-state index in [1.165, 1.54) is 0 Å². The lowest BCUT2D eigenvalue weighted by Crippen LogP contribution is -2.39. The lowest BCUT2D eigenvalue weighted by molar-refractivity contribution is -0.128. The summed E-state index contributed by atoms with van der Waals surface area (Å²) in [5.74, 6) is 1.02. The van der Waals surface area contributed by atoms with Crippen LogP contribution >= 0.6 is 0 Å². The Labute approximate surface area is 207 Å². The number of anilines is 1. The molecule has 3 aliphatic heterocycles. The van der Waals surface area contributed by atoms with Crippen LogP contribution in [0.2, 0.25) is 0 Å². The molecule has 3 saturated heterocycles. The fourth-order valence-electron chi connectivity index (χ4n) is 5.10. The molecule has 3 fully saturated rings. The first-order chi connectivity index (χ1) is 17.5. The highest BCUT2D eigenvalue weighted by molar-refractivity contribution is 6.07. The van der Waals surface area contributed by atoms with Crippen LogP contribution in [0.3, 0.4) is 0 Å². The number of nitrogens with two attached hydrogens (primary N) is 1. The number of carbonyl (C=O) groups excluding carboxylic acids is 3. The number of piperidine rings is 1. The summed E-state index contributed by atoms with van der Waals surface area (Å²) in [6, 6.07) is 9.84. The Morgan fingerprint density at radius 1 is 1.25 bits per heavy atom. The van der Waals surface area contributed by atoms with Crippen molar-refractivity contribution in [1.29, 1.82) is 0 Å². The van der Waals surface area contributed by atoms with E-state index in [0.717, 1.165) is 31.5 Å². The zero-order valence-electron chi connectivity index (χ0n) is 20.0. The van der Waals surface area contributed by atoms with Crippen LogP contribution in [0.25, 0.3) is 10.9 Å². The second-order valence-corrected chi connectivity index (χ2v) is 9.19. The first-order valence-electron chi connectivity index (χ1n) is 11.8. The number of aromatic amines is 1. The summed E-state index contributed by atoms with van der Waals surface area (Å²) >= 11 is 0. The van der Waals surface area contributed by atoms with Crippen molar-refractivity contribution in [3.63, 3.8) is 0 Å². The van der Waals surface area contributed by atoms with Crippen molar-refractivity contribution in [3.8, 4) is 5.75 Å². The van der Waals surface area contributed by atoms with Gasteiger partial charge in [0, 0.05) is 25.0 Å². The largest absolute Gasteiger partial charge is 0.497 e. The summed E-state index contributed by atoms with van der Waals surface area (Å²) in [6.07, 6.45) is 2.59. The standard InChI is InChI=1S/C25H28N6O5/c1-35-20-4-2-3-17(10-20)9-18-11-19(31(25(26)34)36-15-32)12-21-22(18)27-28-23(21)24(33)30-13-16-5-7-29(14-30)8-6-16/h2-4,10-12,15-16H,5-9,13-14H2,1H3,(H2,26,34)(H,27,28). The number of benzene rings is 2. The molecular formula is C25H28N6O5. The van der Waals surface area contributed by atoms with Crippen molar-refractivity contribution in [2.45, 2.75) is 19.3 Å². The highest BCUT2D eigenvalue weighted by atomic mass is 16.7. The first kappa shape index (κ1) is 23.6. The predicted octanol–water partition coefficient (Wildman–Crippen LogP) is 2.26. The van der Waals surface area contributed by atoms with Gasteiger partial charge in [0.1, 0.15) is 11.4 Å². The molecule has 0 unspecified atom stereocenters. The Kier molecular flexibility index (Phi) is 6.47. The molecule has 0 spiro atoms. The normalized spacial score (nSPS) is 19.1. The van der Waals surface area contributed by atoms with Gasteiger partial charge in [0.05, 0.1) is 25.0 Å². The summed E-state index contributed by atoms with van der Waals surface area (Å²) in [6.45, 7) is 3.36. The number of methoxy groups -OCH3 is 1. The molecule has 11 heteroatoms. The average molecular weight is 493 g/mol. The van der Waals surface area contributed by atoms with Crippen molar-refractivity contribution >= 4 is 35.0 Å². The van der Waals surface area contributed by atoms with Gasteiger partial charge in [-0.2, -0.15) is 5.10 Å². The van der Waals surface area contributed by atoms with Gasteiger partial charge in [-0.1, -0.05) is 12.1 Å². The zero-order valence-corrected chi connectivity index (χ0v) is 20.0. The monoisotopic (exact) mass is 492 g/mol. The number of aromatic nitrogens is 2. The predicted molar refractivity (Wildman–Crippen MR) is 131 cm³/mol. The molecule has 3 aromatic rings. The third-order valence-electron chi connectivity index (χ3n) is 6.89. The summed E-state index contributed by atoms with van der Waals surface area (Å²) in [5.41, 5.74) is 8.23. The molecule has 3 amide bonds. The molecule has 36 heavy (non-hydrogen) atoms. The molecule has 11 nitrogen and oxygen atoms in total. The number of amides is 3. The van der Waals surface area contributed by atoms with Crippen LogP contribution in [0.4, 0.5) is 10.5 Å². The molecule has 0 radical (unpaired) electrons. The van der Waals surface area contributed by atoms with Gasteiger partial charge in [-0.3, -0.25) is 19.6 Å². The van der Waals surface area contributed by atoms with Gasteiger partial charge in [-0.25, -0.2) is 4.79 Å². The molecule has 3 aliphatic rings. The van der Waals surface area contributed by atoms with Crippen LogP contribution in [-0.2, 0) is 16.1 Å². The van der Waals surface area contributed by atoms with E-state index in [0.29, 0.717) is 58.5 Å². The number of ether oxygens (including phenoxy) is 1.